The summed E-state index contributed by atoms with van der Waals surface area (Å²) in [5, 5.41) is 3.64. The predicted molar refractivity (Wildman–Crippen MR) is 87.6 cm³/mol. The third kappa shape index (κ3) is 3.46. The van der Waals surface area contributed by atoms with E-state index in [0.29, 0.717) is 6.04 Å². The molecule has 0 unspecified atom stereocenters. The Kier molecular flexibility index (Phi) is 4.59. The molecule has 1 aromatic carbocycles. The highest BCUT2D eigenvalue weighted by Crippen LogP contribution is 2.21. The van der Waals surface area contributed by atoms with Crippen molar-refractivity contribution in [2.24, 2.45) is 0 Å². The SMILES string of the molecule is CCc1ccccc1Cn1ccnc1NC1CCCCC1. The second-order valence-corrected chi connectivity index (χ2v) is 5.98. The lowest BCUT2D eigenvalue weighted by molar-refractivity contribution is 0.459. The van der Waals surface area contributed by atoms with E-state index in [-0.39, 0.29) is 0 Å². The van der Waals surface area contributed by atoms with Gasteiger partial charge in [0.25, 0.3) is 0 Å². The van der Waals surface area contributed by atoms with E-state index in [1.165, 1.54) is 43.2 Å². The van der Waals surface area contributed by atoms with Gasteiger partial charge in [-0.05, 0) is 30.4 Å². The molecule has 1 heterocycles. The second kappa shape index (κ2) is 6.79. The normalized spacial score (nSPS) is 16.0. The molecule has 112 valence electrons. The largest absolute Gasteiger partial charge is 0.353 e. The molecule has 0 spiro atoms. The Balaban J connectivity index is 1.72. The summed E-state index contributed by atoms with van der Waals surface area (Å²) in [6.07, 6.45) is 11.7. The average Bonchev–Trinajstić information content (AvgIpc) is 2.96. The first kappa shape index (κ1) is 14.2. The summed E-state index contributed by atoms with van der Waals surface area (Å²) in [5.74, 6) is 1.02. The zero-order valence-corrected chi connectivity index (χ0v) is 12.9. The number of hydrogen-bond acceptors (Lipinski definition) is 2. The minimum absolute atomic E-state index is 0.598. The third-order valence-corrected chi connectivity index (χ3v) is 4.49. The Labute approximate surface area is 127 Å². The van der Waals surface area contributed by atoms with Gasteiger partial charge in [-0.25, -0.2) is 4.98 Å². The van der Waals surface area contributed by atoms with Gasteiger partial charge in [0, 0.05) is 18.4 Å². The number of aromatic nitrogens is 2. The lowest BCUT2D eigenvalue weighted by atomic mass is 9.96. The lowest BCUT2D eigenvalue weighted by Gasteiger charge is -2.23. The van der Waals surface area contributed by atoms with Crippen LogP contribution in [0.2, 0.25) is 0 Å². The topological polar surface area (TPSA) is 29.9 Å². The Hall–Kier alpha value is -1.77. The standard InChI is InChI=1S/C18H25N3/c1-2-15-8-6-7-9-16(15)14-21-13-12-19-18(21)20-17-10-4-3-5-11-17/h6-9,12-13,17H,2-5,10-11,14H2,1H3,(H,19,20). The van der Waals surface area contributed by atoms with E-state index in [4.69, 9.17) is 0 Å². The average molecular weight is 283 g/mol. The monoisotopic (exact) mass is 283 g/mol. The van der Waals surface area contributed by atoms with Crippen LogP contribution in [0.5, 0.6) is 0 Å². The summed E-state index contributed by atoms with van der Waals surface area (Å²) < 4.78 is 2.24. The van der Waals surface area contributed by atoms with Crippen molar-refractivity contribution in [2.45, 2.75) is 58.0 Å². The Morgan fingerprint density at radius 2 is 1.90 bits per heavy atom. The molecule has 0 radical (unpaired) electrons. The minimum Gasteiger partial charge on any atom is -0.353 e. The van der Waals surface area contributed by atoms with Gasteiger partial charge >= 0.3 is 0 Å². The number of hydrogen-bond donors (Lipinski definition) is 1. The number of nitrogens with one attached hydrogen (secondary N) is 1. The summed E-state index contributed by atoms with van der Waals surface area (Å²) in [7, 11) is 0. The van der Waals surface area contributed by atoms with Gasteiger partial charge < -0.3 is 9.88 Å². The molecule has 3 rings (SSSR count). The second-order valence-electron chi connectivity index (χ2n) is 5.98. The van der Waals surface area contributed by atoms with Crippen LogP contribution in [0, 0.1) is 0 Å². The van der Waals surface area contributed by atoms with E-state index in [1.807, 2.05) is 6.20 Å². The molecule has 1 aromatic heterocycles. The quantitative estimate of drug-likeness (QED) is 0.889. The van der Waals surface area contributed by atoms with E-state index in [0.717, 1.165) is 18.9 Å². The molecule has 1 saturated carbocycles. The molecule has 3 nitrogen and oxygen atoms in total. The molecule has 0 atom stereocenters. The lowest BCUT2D eigenvalue weighted by Crippen LogP contribution is -2.24. The number of rotatable bonds is 5. The van der Waals surface area contributed by atoms with Crippen LogP contribution in [-0.4, -0.2) is 15.6 Å². The predicted octanol–water partition coefficient (Wildman–Crippen LogP) is 4.24. The number of imidazole rings is 1. The summed E-state index contributed by atoms with van der Waals surface area (Å²) in [6.45, 7) is 3.12. The van der Waals surface area contributed by atoms with Crippen LogP contribution in [0.3, 0.4) is 0 Å². The van der Waals surface area contributed by atoms with Gasteiger partial charge in [-0.3, -0.25) is 0 Å². The van der Waals surface area contributed by atoms with Crippen LogP contribution in [0.25, 0.3) is 0 Å². The minimum atomic E-state index is 0.598. The summed E-state index contributed by atoms with van der Waals surface area (Å²) in [4.78, 5) is 4.51. The van der Waals surface area contributed by atoms with Gasteiger partial charge in [-0.1, -0.05) is 50.5 Å². The zero-order chi connectivity index (χ0) is 14.5. The van der Waals surface area contributed by atoms with E-state index in [1.54, 1.807) is 0 Å². The van der Waals surface area contributed by atoms with Crippen LogP contribution in [0.4, 0.5) is 5.95 Å². The Morgan fingerprint density at radius 3 is 2.67 bits per heavy atom. The van der Waals surface area contributed by atoms with Crippen LogP contribution >= 0.6 is 0 Å². The van der Waals surface area contributed by atoms with Gasteiger partial charge in [0.05, 0.1) is 6.54 Å². The summed E-state index contributed by atoms with van der Waals surface area (Å²) >= 11 is 0. The van der Waals surface area contributed by atoms with E-state index >= 15 is 0 Å². The van der Waals surface area contributed by atoms with Crippen molar-refractivity contribution in [1.82, 2.24) is 9.55 Å². The first-order valence-electron chi connectivity index (χ1n) is 8.21. The molecular formula is C18H25N3. The first-order chi connectivity index (χ1) is 10.4. The van der Waals surface area contributed by atoms with Crippen LogP contribution in [-0.2, 0) is 13.0 Å². The molecule has 1 fully saturated rings. The van der Waals surface area contributed by atoms with Crippen molar-refractivity contribution in [3.8, 4) is 0 Å². The van der Waals surface area contributed by atoms with Crippen molar-refractivity contribution in [3.63, 3.8) is 0 Å². The number of aryl methyl sites for hydroxylation is 1. The smallest absolute Gasteiger partial charge is 0.203 e. The van der Waals surface area contributed by atoms with Crippen LogP contribution < -0.4 is 5.32 Å². The molecule has 1 N–H and O–H groups in total. The van der Waals surface area contributed by atoms with Gasteiger partial charge in [0.2, 0.25) is 5.95 Å². The molecule has 0 aliphatic heterocycles. The first-order valence-corrected chi connectivity index (χ1v) is 8.21. The molecule has 1 aliphatic carbocycles. The molecular weight excluding hydrogens is 258 g/mol. The van der Waals surface area contributed by atoms with Gasteiger partial charge in [0.15, 0.2) is 0 Å². The van der Waals surface area contributed by atoms with E-state index in [9.17, 15) is 0 Å². The number of anilines is 1. The highest BCUT2D eigenvalue weighted by molar-refractivity contribution is 5.32. The fourth-order valence-corrected chi connectivity index (χ4v) is 3.25. The van der Waals surface area contributed by atoms with E-state index in [2.05, 4.69) is 52.3 Å². The maximum atomic E-state index is 4.51. The maximum absolute atomic E-state index is 4.51. The Morgan fingerprint density at radius 1 is 1.14 bits per heavy atom. The molecule has 0 amide bonds. The van der Waals surface area contributed by atoms with Crippen molar-refractivity contribution < 1.29 is 0 Å². The van der Waals surface area contributed by atoms with Gasteiger partial charge in [0.1, 0.15) is 0 Å². The van der Waals surface area contributed by atoms with Crippen LogP contribution in [0.15, 0.2) is 36.7 Å². The fraction of sp³-hybridized carbons (Fsp3) is 0.500. The molecule has 0 bridgehead atoms. The van der Waals surface area contributed by atoms with Crippen LogP contribution in [0.1, 0.15) is 50.2 Å². The molecule has 21 heavy (non-hydrogen) atoms. The fourth-order valence-electron chi connectivity index (χ4n) is 3.25. The van der Waals surface area contributed by atoms with Crippen molar-refractivity contribution >= 4 is 5.95 Å². The Bertz CT molecular complexity index is 567. The van der Waals surface area contributed by atoms with E-state index < -0.39 is 0 Å². The van der Waals surface area contributed by atoms with Crippen molar-refractivity contribution in [3.05, 3.63) is 47.8 Å². The molecule has 1 aliphatic rings. The molecule has 3 heteroatoms. The molecule has 0 saturated heterocycles. The maximum Gasteiger partial charge on any atom is 0.203 e. The number of nitrogens with zero attached hydrogens (tertiary/aromatic N) is 2. The number of benzene rings is 1. The molecule has 2 aromatic rings. The van der Waals surface area contributed by atoms with Crippen molar-refractivity contribution in [2.75, 3.05) is 5.32 Å². The summed E-state index contributed by atoms with van der Waals surface area (Å²) in [6, 6.07) is 9.29. The van der Waals surface area contributed by atoms with Gasteiger partial charge in [-0.2, -0.15) is 0 Å². The summed E-state index contributed by atoms with van der Waals surface area (Å²) in [5.41, 5.74) is 2.82. The highest BCUT2D eigenvalue weighted by Gasteiger charge is 2.15. The highest BCUT2D eigenvalue weighted by atomic mass is 15.2. The van der Waals surface area contributed by atoms with Crippen molar-refractivity contribution in [1.29, 1.82) is 0 Å². The third-order valence-electron chi connectivity index (χ3n) is 4.49. The van der Waals surface area contributed by atoms with Gasteiger partial charge in [-0.15, -0.1) is 0 Å². The zero-order valence-electron chi connectivity index (χ0n) is 12.9.